The Bertz CT molecular complexity index is 793. The summed E-state index contributed by atoms with van der Waals surface area (Å²) in [6.45, 7) is 9.40. The fourth-order valence-corrected chi connectivity index (χ4v) is 3.82. The molecule has 1 aromatic rings. The molecular formula is C23H33N3O3. The topological polar surface area (TPSA) is 84.1 Å². The van der Waals surface area contributed by atoms with Gasteiger partial charge < -0.3 is 14.6 Å². The molecule has 1 saturated carbocycles. The van der Waals surface area contributed by atoms with E-state index < -0.39 is 5.97 Å². The van der Waals surface area contributed by atoms with Crippen LogP contribution >= 0.6 is 0 Å². The van der Waals surface area contributed by atoms with Crippen LogP contribution in [0.15, 0.2) is 11.6 Å². The summed E-state index contributed by atoms with van der Waals surface area (Å²) in [6, 6.07) is 3.86. The van der Waals surface area contributed by atoms with Crippen molar-refractivity contribution in [3.8, 4) is 6.07 Å². The van der Waals surface area contributed by atoms with E-state index in [9.17, 15) is 14.9 Å². The fraction of sp³-hybridized carbons (Fsp3) is 0.609. The lowest BCUT2D eigenvalue weighted by Crippen LogP contribution is -2.33. The van der Waals surface area contributed by atoms with Gasteiger partial charge in [-0.15, -0.1) is 0 Å². The summed E-state index contributed by atoms with van der Waals surface area (Å²) in [5.74, 6) is -0.0893. The van der Waals surface area contributed by atoms with Gasteiger partial charge in [-0.2, -0.15) is 5.26 Å². The van der Waals surface area contributed by atoms with Gasteiger partial charge in [-0.25, -0.2) is 4.79 Å². The molecule has 1 heterocycles. The van der Waals surface area contributed by atoms with Crippen molar-refractivity contribution in [1.82, 2.24) is 9.88 Å². The van der Waals surface area contributed by atoms with Gasteiger partial charge in [0.05, 0.1) is 0 Å². The van der Waals surface area contributed by atoms with E-state index in [4.69, 9.17) is 4.74 Å². The fourth-order valence-electron chi connectivity index (χ4n) is 3.82. The molecule has 0 saturated heterocycles. The maximum Gasteiger partial charge on any atom is 0.349 e. The lowest BCUT2D eigenvalue weighted by molar-refractivity contribution is -0.144. The molecule has 158 valence electrons. The SMILES string of the molecule is Cc1cc(/C=C(\C#N)C(=O)OCC(=O)NCC2CCCCC2)c(C)n1CC(C)C. The van der Waals surface area contributed by atoms with Crippen LogP contribution in [0.1, 0.15) is 62.9 Å². The number of amides is 1. The molecule has 1 aliphatic carbocycles. The Morgan fingerprint density at radius 3 is 2.62 bits per heavy atom. The molecule has 1 amide bonds. The highest BCUT2D eigenvalue weighted by Crippen LogP contribution is 2.23. The number of hydrogen-bond donors (Lipinski definition) is 1. The Morgan fingerprint density at radius 1 is 1.31 bits per heavy atom. The van der Waals surface area contributed by atoms with Crippen LogP contribution in [0.2, 0.25) is 0 Å². The molecule has 0 radical (unpaired) electrons. The molecule has 0 unspecified atom stereocenters. The average molecular weight is 400 g/mol. The van der Waals surface area contributed by atoms with Gasteiger partial charge in [0.2, 0.25) is 0 Å². The van der Waals surface area contributed by atoms with Crippen LogP contribution in [-0.2, 0) is 20.9 Å². The molecule has 1 fully saturated rings. The average Bonchev–Trinajstić information content (AvgIpc) is 2.96. The molecule has 0 bridgehead atoms. The molecule has 0 aliphatic heterocycles. The quantitative estimate of drug-likeness (QED) is 0.408. The number of carbonyl (C=O) groups excluding carboxylic acids is 2. The highest BCUT2D eigenvalue weighted by Gasteiger charge is 2.17. The molecule has 6 nitrogen and oxygen atoms in total. The largest absolute Gasteiger partial charge is 0.451 e. The van der Waals surface area contributed by atoms with Crippen molar-refractivity contribution in [2.75, 3.05) is 13.2 Å². The van der Waals surface area contributed by atoms with Crippen molar-refractivity contribution in [3.63, 3.8) is 0 Å². The summed E-state index contributed by atoms with van der Waals surface area (Å²) >= 11 is 0. The standard InChI is InChI=1S/C23H33N3O3/c1-16(2)14-26-17(3)10-20(18(26)4)11-21(12-24)23(28)29-15-22(27)25-13-19-8-6-5-7-9-19/h10-11,16,19H,5-9,13-15H2,1-4H3,(H,25,27)/b21-11+. The third-order valence-corrected chi connectivity index (χ3v) is 5.45. The maximum absolute atomic E-state index is 12.3. The Morgan fingerprint density at radius 2 is 2.00 bits per heavy atom. The van der Waals surface area contributed by atoms with Gasteiger partial charge in [-0.3, -0.25) is 4.79 Å². The first-order valence-electron chi connectivity index (χ1n) is 10.5. The molecule has 2 rings (SSSR count). The second kappa shape index (κ2) is 10.8. The molecule has 1 aliphatic rings. The lowest BCUT2D eigenvalue weighted by atomic mass is 9.89. The molecular weight excluding hydrogens is 366 g/mol. The van der Waals surface area contributed by atoms with E-state index in [1.54, 1.807) is 6.08 Å². The Balaban J connectivity index is 1.93. The minimum Gasteiger partial charge on any atom is -0.451 e. The summed E-state index contributed by atoms with van der Waals surface area (Å²) < 4.78 is 7.24. The van der Waals surface area contributed by atoms with E-state index in [-0.39, 0.29) is 18.1 Å². The minimum atomic E-state index is -0.769. The number of nitrogens with zero attached hydrogens (tertiary/aromatic N) is 2. The third-order valence-electron chi connectivity index (χ3n) is 5.45. The summed E-state index contributed by atoms with van der Waals surface area (Å²) in [6.07, 6.45) is 7.51. The number of ether oxygens (including phenoxy) is 1. The molecule has 1 N–H and O–H groups in total. The van der Waals surface area contributed by atoms with Gasteiger partial charge in [-0.05, 0) is 56.2 Å². The number of aryl methyl sites for hydroxylation is 1. The second-order valence-electron chi connectivity index (χ2n) is 8.38. The predicted octanol–water partition coefficient (Wildman–Crippen LogP) is 3.91. The van der Waals surface area contributed by atoms with Crippen LogP contribution in [0, 0.1) is 37.0 Å². The normalized spacial score (nSPS) is 15.2. The van der Waals surface area contributed by atoms with Crippen molar-refractivity contribution in [2.45, 2.75) is 66.3 Å². The Hall–Kier alpha value is -2.55. The predicted molar refractivity (Wildman–Crippen MR) is 113 cm³/mol. The number of nitriles is 1. The number of aromatic nitrogens is 1. The van der Waals surface area contributed by atoms with Crippen LogP contribution in [0.25, 0.3) is 6.08 Å². The van der Waals surface area contributed by atoms with Gasteiger partial charge >= 0.3 is 5.97 Å². The summed E-state index contributed by atoms with van der Waals surface area (Å²) in [5, 5.41) is 12.2. The molecule has 6 heteroatoms. The number of rotatable bonds is 8. The smallest absolute Gasteiger partial charge is 0.349 e. The monoisotopic (exact) mass is 399 g/mol. The molecule has 0 aromatic carbocycles. The third kappa shape index (κ3) is 6.77. The number of nitrogens with one attached hydrogen (secondary N) is 1. The zero-order valence-electron chi connectivity index (χ0n) is 18.1. The van der Waals surface area contributed by atoms with Gasteiger partial charge in [0.15, 0.2) is 6.61 Å². The molecule has 1 aromatic heterocycles. The number of hydrogen-bond acceptors (Lipinski definition) is 4. The van der Waals surface area contributed by atoms with Crippen LogP contribution in [0.4, 0.5) is 0 Å². The van der Waals surface area contributed by atoms with Gasteiger partial charge in [0.25, 0.3) is 5.91 Å². The van der Waals surface area contributed by atoms with Crippen LogP contribution in [0.3, 0.4) is 0 Å². The van der Waals surface area contributed by atoms with E-state index >= 15 is 0 Å². The Kier molecular flexibility index (Phi) is 8.50. The summed E-state index contributed by atoms with van der Waals surface area (Å²) in [5.41, 5.74) is 2.80. The zero-order valence-corrected chi connectivity index (χ0v) is 18.1. The molecule has 0 atom stereocenters. The lowest BCUT2D eigenvalue weighted by Gasteiger charge is -2.21. The van der Waals surface area contributed by atoms with Gasteiger partial charge in [0.1, 0.15) is 11.6 Å². The first kappa shape index (κ1) is 22.7. The van der Waals surface area contributed by atoms with E-state index in [0.29, 0.717) is 18.4 Å². The Labute approximate surface area is 173 Å². The van der Waals surface area contributed by atoms with E-state index in [1.807, 2.05) is 26.0 Å². The highest BCUT2D eigenvalue weighted by molar-refractivity contribution is 5.99. The number of carbonyl (C=O) groups is 2. The summed E-state index contributed by atoms with van der Waals surface area (Å²) in [7, 11) is 0. The molecule has 0 spiro atoms. The first-order chi connectivity index (χ1) is 13.8. The van der Waals surface area contributed by atoms with E-state index in [1.165, 1.54) is 19.3 Å². The summed E-state index contributed by atoms with van der Waals surface area (Å²) in [4.78, 5) is 24.2. The second-order valence-corrected chi connectivity index (χ2v) is 8.38. The van der Waals surface area contributed by atoms with E-state index in [0.717, 1.165) is 36.3 Å². The van der Waals surface area contributed by atoms with E-state index in [2.05, 4.69) is 23.7 Å². The van der Waals surface area contributed by atoms with Crippen molar-refractivity contribution >= 4 is 18.0 Å². The van der Waals surface area contributed by atoms with Gasteiger partial charge in [0, 0.05) is 24.5 Å². The van der Waals surface area contributed by atoms with Crippen LogP contribution in [-0.4, -0.2) is 29.6 Å². The minimum absolute atomic E-state index is 0.102. The maximum atomic E-state index is 12.3. The van der Waals surface area contributed by atoms with Gasteiger partial charge in [-0.1, -0.05) is 33.1 Å². The van der Waals surface area contributed by atoms with Crippen molar-refractivity contribution in [1.29, 1.82) is 5.26 Å². The molecule has 29 heavy (non-hydrogen) atoms. The van der Waals surface area contributed by atoms with Crippen molar-refractivity contribution in [2.24, 2.45) is 11.8 Å². The highest BCUT2D eigenvalue weighted by atomic mass is 16.5. The number of esters is 1. The van der Waals surface area contributed by atoms with Crippen LogP contribution in [0.5, 0.6) is 0 Å². The van der Waals surface area contributed by atoms with Crippen molar-refractivity contribution < 1.29 is 14.3 Å². The zero-order chi connectivity index (χ0) is 21.4. The van der Waals surface area contributed by atoms with Crippen LogP contribution < -0.4 is 5.32 Å². The van der Waals surface area contributed by atoms with Crippen molar-refractivity contribution in [3.05, 3.63) is 28.6 Å². The first-order valence-corrected chi connectivity index (χ1v) is 10.5.